The first kappa shape index (κ1) is 16.7. The Morgan fingerprint density at radius 3 is 2.79 bits per heavy atom. The number of hydrogen-bond donors (Lipinski definition) is 0. The van der Waals surface area contributed by atoms with Crippen molar-refractivity contribution in [2.45, 2.75) is 39.4 Å². The lowest BCUT2D eigenvalue weighted by atomic mass is 10.3. The number of aromatic nitrogens is 4. The van der Waals surface area contributed by atoms with Gasteiger partial charge in [-0.1, -0.05) is 0 Å². The van der Waals surface area contributed by atoms with Crippen molar-refractivity contribution < 1.29 is 4.79 Å². The lowest BCUT2D eigenvalue weighted by Crippen LogP contribution is -2.37. The van der Waals surface area contributed by atoms with Crippen LogP contribution in [0, 0.1) is 0 Å². The largest absolute Gasteiger partial charge is 0.340 e. The third-order valence-electron chi connectivity index (χ3n) is 4.39. The minimum absolute atomic E-state index is 0.146. The molecule has 0 N–H and O–H groups in total. The van der Waals surface area contributed by atoms with Gasteiger partial charge in [-0.25, -0.2) is 0 Å². The topological polar surface area (TPSA) is 59.2 Å². The summed E-state index contributed by atoms with van der Waals surface area (Å²) in [7, 11) is 0. The summed E-state index contributed by atoms with van der Waals surface area (Å²) in [5.41, 5.74) is 1.24. The highest BCUT2D eigenvalue weighted by Gasteiger charge is 2.19. The zero-order valence-corrected chi connectivity index (χ0v) is 14.5. The summed E-state index contributed by atoms with van der Waals surface area (Å²) in [5.74, 6) is 0.146. The van der Waals surface area contributed by atoms with Crippen LogP contribution in [0.4, 0.5) is 0 Å². The molecule has 1 amide bonds. The fraction of sp³-hybridized carbons (Fsp3) is 0.588. The summed E-state index contributed by atoms with van der Waals surface area (Å²) in [6.07, 6.45) is 8.61. The second-order valence-electron chi connectivity index (χ2n) is 6.64. The normalized spacial score (nSPS) is 16.5. The average molecular weight is 330 g/mol. The van der Waals surface area contributed by atoms with E-state index in [4.69, 9.17) is 0 Å². The lowest BCUT2D eigenvalue weighted by Gasteiger charge is -2.21. The molecule has 1 aliphatic heterocycles. The Bertz CT molecular complexity index is 648. The molecule has 3 rings (SSSR count). The fourth-order valence-corrected chi connectivity index (χ4v) is 3.01. The van der Waals surface area contributed by atoms with Crippen LogP contribution < -0.4 is 0 Å². The van der Waals surface area contributed by atoms with Gasteiger partial charge in [0.1, 0.15) is 6.54 Å². The van der Waals surface area contributed by atoms with Gasteiger partial charge in [-0.3, -0.25) is 19.1 Å². The molecule has 0 radical (unpaired) electrons. The molecule has 0 aromatic carbocycles. The van der Waals surface area contributed by atoms with Crippen LogP contribution in [0.1, 0.15) is 31.9 Å². The Hall–Kier alpha value is -2.15. The van der Waals surface area contributed by atoms with Gasteiger partial charge < -0.3 is 4.90 Å². The zero-order valence-electron chi connectivity index (χ0n) is 14.5. The molecule has 0 atom stereocenters. The molecule has 0 unspecified atom stereocenters. The molecule has 2 aromatic heterocycles. The van der Waals surface area contributed by atoms with Crippen LogP contribution in [0.2, 0.25) is 0 Å². The first-order valence-electron chi connectivity index (χ1n) is 8.62. The molecule has 2 aromatic rings. The summed E-state index contributed by atoms with van der Waals surface area (Å²) in [6.45, 7) is 9.00. The predicted octanol–water partition coefficient (Wildman–Crippen LogP) is 1.39. The van der Waals surface area contributed by atoms with Crippen LogP contribution in [-0.4, -0.2) is 61.4 Å². The van der Waals surface area contributed by atoms with Gasteiger partial charge in [0.25, 0.3) is 0 Å². The van der Waals surface area contributed by atoms with Gasteiger partial charge in [0.15, 0.2) is 0 Å². The van der Waals surface area contributed by atoms with Gasteiger partial charge in [-0.05, 0) is 26.3 Å². The molecule has 7 heteroatoms. The van der Waals surface area contributed by atoms with E-state index in [0.29, 0.717) is 12.6 Å². The number of rotatable bonds is 5. The molecule has 24 heavy (non-hydrogen) atoms. The fourth-order valence-electron chi connectivity index (χ4n) is 3.01. The van der Waals surface area contributed by atoms with Gasteiger partial charge in [0.05, 0.1) is 6.20 Å². The molecule has 0 bridgehead atoms. The van der Waals surface area contributed by atoms with Crippen LogP contribution in [0.5, 0.6) is 0 Å². The van der Waals surface area contributed by atoms with Gasteiger partial charge >= 0.3 is 0 Å². The standard InChI is InChI=1S/C17H26N6O/c1-15(2)23-13-16(11-19-23)12-20-6-4-7-21(10-9-20)17(24)14-22-8-3-5-18-22/h3,5,8,11,13,15H,4,6-7,9-10,12,14H2,1-2H3. The molecule has 1 fully saturated rings. The minimum Gasteiger partial charge on any atom is -0.340 e. The molecule has 0 spiro atoms. The van der Waals surface area contributed by atoms with E-state index in [2.05, 4.69) is 35.1 Å². The van der Waals surface area contributed by atoms with E-state index < -0.39 is 0 Å². The number of nitrogens with zero attached hydrogens (tertiary/aromatic N) is 6. The second kappa shape index (κ2) is 7.61. The number of carbonyl (C=O) groups is 1. The van der Waals surface area contributed by atoms with Crippen molar-refractivity contribution in [3.8, 4) is 0 Å². The SMILES string of the molecule is CC(C)n1cc(CN2CCCN(C(=O)Cn3cccn3)CC2)cn1. The van der Waals surface area contributed by atoms with E-state index in [9.17, 15) is 4.79 Å². The van der Waals surface area contributed by atoms with Crippen molar-refractivity contribution in [1.82, 2.24) is 29.4 Å². The predicted molar refractivity (Wildman–Crippen MR) is 91.3 cm³/mol. The molecule has 1 saturated heterocycles. The summed E-state index contributed by atoms with van der Waals surface area (Å²) in [5, 5.41) is 8.52. The summed E-state index contributed by atoms with van der Waals surface area (Å²) in [6, 6.07) is 2.23. The Balaban J connectivity index is 1.51. The van der Waals surface area contributed by atoms with E-state index in [-0.39, 0.29) is 5.91 Å². The van der Waals surface area contributed by atoms with E-state index in [1.165, 1.54) is 5.56 Å². The summed E-state index contributed by atoms with van der Waals surface area (Å²) >= 11 is 0. The molecule has 7 nitrogen and oxygen atoms in total. The third kappa shape index (κ3) is 4.23. The maximum atomic E-state index is 12.4. The van der Waals surface area contributed by atoms with Crippen LogP contribution >= 0.6 is 0 Å². The van der Waals surface area contributed by atoms with E-state index in [1.54, 1.807) is 10.9 Å². The molecule has 0 aliphatic carbocycles. The molecular weight excluding hydrogens is 304 g/mol. The van der Waals surface area contributed by atoms with E-state index >= 15 is 0 Å². The number of carbonyl (C=O) groups excluding carboxylic acids is 1. The van der Waals surface area contributed by atoms with Crippen molar-refractivity contribution in [3.63, 3.8) is 0 Å². The lowest BCUT2D eigenvalue weighted by molar-refractivity contribution is -0.131. The van der Waals surface area contributed by atoms with Crippen molar-refractivity contribution >= 4 is 5.91 Å². The van der Waals surface area contributed by atoms with Gasteiger partial charge in [-0.15, -0.1) is 0 Å². The quantitative estimate of drug-likeness (QED) is 0.831. The third-order valence-corrected chi connectivity index (χ3v) is 4.39. The van der Waals surface area contributed by atoms with Gasteiger partial charge in [-0.2, -0.15) is 10.2 Å². The monoisotopic (exact) mass is 330 g/mol. The maximum absolute atomic E-state index is 12.4. The van der Waals surface area contributed by atoms with Crippen LogP contribution in [0.3, 0.4) is 0 Å². The zero-order chi connectivity index (χ0) is 16.9. The van der Waals surface area contributed by atoms with E-state index in [1.807, 2.05) is 28.0 Å². The van der Waals surface area contributed by atoms with Gasteiger partial charge in [0.2, 0.25) is 5.91 Å². The Labute approximate surface area is 142 Å². The molecule has 0 saturated carbocycles. The first-order valence-corrected chi connectivity index (χ1v) is 8.62. The Morgan fingerprint density at radius 2 is 2.08 bits per heavy atom. The van der Waals surface area contributed by atoms with Gasteiger partial charge in [0, 0.05) is 62.9 Å². The highest BCUT2D eigenvalue weighted by atomic mass is 16.2. The maximum Gasteiger partial charge on any atom is 0.244 e. The van der Waals surface area contributed by atoms with Crippen molar-refractivity contribution in [3.05, 3.63) is 36.4 Å². The molecule has 1 aliphatic rings. The van der Waals surface area contributed by atoms with Crippen molar-refractivity contribution in [2.24, 2.45) is 0 Å². The number of amides is 1. The highest BCUT2D eigenvalue weighted by Crippen LogP contribution is 2.11. The summed E-state index contributed by atoms with van der Waals surface area (Å²) in [4.78, 5) is 16.8. The van der Waals surface area contributed by atoms with Crippen molar-refractivity contribution in [1.29, 1.82) is 0 Å². The van der Waals surface area contributed by atoms with Crippen LogP contribution in [0.15, 0.2) is 30.9 Å². The average Bonchev–Trinajstić information content (AvgIpc) is 3.16. The van der Waals surface area contributed by atoms with Crippen molar-refractivity contribution in [2.75, 3.05) is 26.2 Å². The Kier molecular flexibility index (Phi) is 5.30. The first-order chi connectivity index (χ1) is 11.6. The minimum atomic E-state index is 0.146. The molecule has 3 heterocycles. The van der Waals surface area contributed by atoms with Crippen LogP contribution in [-0.2, 0) is 17.9 Å². The smallest absolute Gasteiger partial charge is 0.244 e. The second-order valence-corrected chi connectivity index (χ2v) is 6.64. The molecule has 130 valence electrons. The number of hydrogen-bond acceptors (Lipinski definition) is 4. The Morgan fingerprint density at radius 1 is 1.21 bits per heavy atom. The highest BCUT2D eigenvalue weighted by molar-refractivity contribution is 5.75. The van der Waals surface area contributed by atoms with E-state index in [0.717, 1.165) is 39.1 Å². The summed E-state index contributed by atoms with van der Waals surface area (Å²) < 4.78 is 3.68. The molecular formula is C17H26N6O. The van der Waals surface area contributed by atoms with Crippen LogP contribution in [0.25, 0.3) is 0 Å².